The molecule has 25 heavy (non-hydrogen) atoms. The van der Waals surface area contributed by atoms with Gasteiger partial charge in [-0.2, -0.15) is 0 Å². The normalized spacial score (nSPS) is 17.0. The van der Waals surface area contributed by atoms with E-state index in [9.17, 15) is 9.18 Å². The molecule has 0 aliphatic carbocycles. The molecule has 1 unspecified atom stereocenters. The number of rotatable bonds is 5. The van der Waals surface area contributed by atoms with Gasteiger partial charge in [-0.1, -0.05) is 22.8 Å². The lowest BCUT2D eigenvalue weighted by Crippen LogP contribution is -2.37. The summed E-state index contributed by atoms with van der Waals surface area (Å²) in [5.74, 6) is -0.465. The Hall–Kier alpha value is -1.92. The SMILES string of the molecule is CCN(CC1CCCO1)C(=O)c1c(-c2c(F)cccc2Cl)noc1C. The standard InChI is InChI=1S/C18H20ClFN2O3/c1-3-22(10-12-6-5-9-24-12)18(23)15-11(2)25-21-17(15)16-13(19)7-4-8-14(16)20/h4,7-8,12H,3,5-6,9-10H2,1-2H3. The van der Waals surface area contributed by atoms with Crippen molar-refractivity contribution in [3.63, 3.8) is 0 Å². The number of aryl methyl sites for hydroxylation is 1. The van der Waals surface area contributed by atoms with Gasteiger partial charge in [0.2, 0.25) is 0 Å². The first-order valence-corrected chi connectivity index (χ1v) is 8.72. The van der Waals surface area contributed by atoms with E-state index >= 15 is 0 Å². The average molecular weight is 367 g/mol. The quantitative estimate of drug-likeness (QED) is 0.800. The van der Waals surface area contributed by atoms with Gasteiger partial charge in [0.1, 0.15) is 22.8 Å². The number of hydrogen-bond donors (Lipinski definition) is 0. The molecule has 1 fully saturated rings. The maximum atomic E-state index is 14.3. The van der Waals surface area contributed by atoms with E-state index in [4.69, 9.17) is 20.9 Å². The van der Waals surface area contributed by atoms with Gasteiger partial charge in [0.05, 0.1) is 16.7 Å². The van der Waals surface area contributed by atoms with Crippen LogP contribution in [0.5, 0.6) is 0 Å². The van der Waals surface area contributed by atoms with Gasteiger partial charge in [-0.05, 0) is 38.8 Å². The van der Waals surface area contributed by atoms with Gasteiger partial charge in [0.15, 0.2) is 0 Å². The fraction of sp³-hybridized carbons (Fsp3) is 0.444. The molecule has 5 nitrogen and oxygen atoms in total. The molecular weight excluding hydrogens is 347 g/mol. The molecule has 1 saturated heterocycles. The van der Waals surface area contributed by atoms with Gasteiger partial charge >= 0.3 is 0 Å². The molecule has 0 radical (unpaired) electrons. The third-order valence-electron chi connectivity index (χ3n) is 4.39. The van der Waals surface area contributed by atoms with E-state index in [0.29, 0.717) is 18.8 Å². The van der Waals surface area contributed by atoms with Gasteiger partial charge in [-0.15, -0.1) is 0 Å². The van der Waals surface area contributed by atoms with Crippen LogP contribution >= 0.6 is 11.6 Å². The van der Waals surface area contributed by atoms with Crippen LogP contribution in [0, 0.1) is 12.7 Å². The van der Waals surface area contributed by atoms with Crippen LogP contribution in [-0.4, -0.2) is 41.8 Å². The van der Waals surface area contributed by atoms with E-state index in [2.05, 4.69) is 5.16 Å². The molecule has 1 aliphatic heterocycles. The van der Waals surface area contributed by atoms with Crippen LogP contribution in [0.3, 0.4) is 0 Å². The van der Waals surface area contributed by atoms with Crippen molar-refractivity contribution in [3.05, 3.63) is 40.4 Å². The Morgan fingerprint density at radius 3 is 2.92 bits per heavy atom. The average Bonchev–Trinajstić information content (AvgIpc) is 3.22. The molecule has 0 saturated carbocycles. The molecular formula is C18H20ClFN2O3. The van der Waals surface area contributed by atoms with E-state index in [-0.39, 0.29) is 33.9 Å². The molecule has 0 spiro atoms. The molecule has 1 aliphatic rings. The lowest BCUT2D eigenvalue weighted by atomic mass is 10.0. The van der Waals surface area contributed by atoms with Gasteiger partial charge in [-0.3, -0.25) is 4.79 Å². The highest BCUT2D eigenvalue weighted by molar-refractivity contribution is 6.33. The van der Waals surface area contributed by atoms with Crippen LogP contribution in [0.15, 0.2) is 22.7 Å². The Kier molecular flexibility index (Phi) is 5.39. The summed E-state index contributed by atoms with van der Waals surface area (Å²) in [6, 6.07) is 4.34. The van der Waals surface area contributed by atoms with Crippen LogP contribution < -0.4 is 0 Å². The number of halogens is 2. The number of benzene rings is 1. The molecule has 1 atom stereocenters. The third kappa shape index (κ3) is 3.55. The van der Waals surface area contributed by atoms with Crippen LogP contribution in [0.1, 0.15) is 35.9 Å². The van der Waals surface area contributed by atoms with Gasteiger partial charge in [0, 0.05) is 19.7 Å². The lowest BCUT2D eigenvalue weighted by Gasteiger charge is -2.24. The van der Waals surface area contributed by atoms with E-state index < -0.39 is 5.82 Å². The molecule has 1 aromatic heterocycles. The summed E-state index contributed by atoms with van der Waals surface area (Å²) in [5.41, 5.74) is 0.459. The first-order chi connectivity index (χ1) is 12.0. The predicted molar refractivity (Wildman–Crippen MR) is 92.2 cm³/mol. The molecule has 1 aromatic carbocycles. The van der Waals surface area contributed by atoms with Crippen molar-refractivity contribution in [2.75, 3.05) is 19.7 Å². The Morgan fingerprint density at radius 1 is 1.48 bits per heavy atom. The fourth-order valence-electron chi connectivity index (χ4n) is 3.07. The number of hydrogen-bond acceptors (Lipinski definition) is 4. The molecule has 2 aromatic rings. The van der Waals surface area contributed by atoms with E-state index in [1.54, 1.807) is 17.9 Å². The zero-order valence-electron chi connectivity index (χ0n) is 14.2. The van der Waals surface area contributed by atoms with Crippen molar-refractivity contribution in [1.82, 2.24) is 10.1 Å². The third-order valence-corrected chi connectivity index (χ3v) is 4.71. The number of likely N-dealkylation sites (N-methyl/N-ethyl adjacent to an activating group) is 1. The minimum atomic E-state index is -0.544. The van der Waals surface area contributed by atoms with Gasteiger partial charge < -0.3 is 14.2 Å². The topological polar surface area (TPSA) is 55.6 Å². The van der Waals surface area contributed by atoms with Gasteiger partial charge in [0.25, 0.3) is 5.91 Å². The van der Waals surface area contributed by atoms with Crippen LogP contribution in [-0.2, 0) is 4.74 Å². The maximum absolute atomic E-state index is 14.3. The van der Waals surface area contributed by atoms with Gasteiger partial charge in [-0.25, -0.2) is 4.39 Å². The lowest BCUT2D eigenvalue weighted by molar-refractivity contribution is 0.0538. The number of carbonyl (C=O) groups excluding carboxylic acids is 1. The summed E-state index contributed by atoms with van der Waals surface area (Å²) >= 11 is 6.13. The van der Waals surface area contributed by atoms with Crippen molar-refractivity contribution in [2.24, 2.45) is 0 Å². The maximum Gasteiger partial charge on any atom is 0.259 e. The summed E-state index contributed by atoms with van der Waals surface area (Å²) in [4.78, 5) is 14.7. The minimum absolute atomic E-state index is 0.0320. The van der Waals surface area contributed by atoms with Crippen LogP contribution in [0.4, 0.5) is 4.39 Å². The van der Waals surface area contributed by atoms with E-state index in [0.717, 1.165) is 19.4 Å². The number of amides is 1. The Labute approximate surface area is 150 Å². The molecule has 0 bridgehead atoms. The molecule has 1 amide bonds. The second-order valence-electron chi connectivity index (χ2n) is 6.04. The summed E-state index contributed by atoms with van der Waals surface area (Å²) in [5, 5.41) is 4.08. The Morgan fingerprint density at radius 2 is 2.28 bits per heavy atom. The van der Waals surface area contributed by atoms with E-state index in [1.165, 1.54) is 12.1 Å². The largest absolute Gasteiger partial charge is 0.376 e. The number of aromatic nitrogens is 1. The van der Waals surface area contributed by atoms with Crippen molar-refractivity contribution in [3.8, 4) is 11.3 Å². The number of ether oxygens (including phenoxy) is 1. The molecule has 134 valence electrons. The second kappa shape index (κ2) is 7.54. The second-order valence-corrected chi connectivity index (χ2v) is 6.45. The molecule has 0 N–H and O–H groups in total. The fourth-order valence-corrected chi connectivity index (χ4v) is 3.32. The van der Waals surface area contributed by atoms with Crippen molar-refractivity contribution >= 4 is 17.5 Å². The Balaban J connectivity index is 1.96. The zero-order valence-corrected chi connectivity index (χ0v) is 15.0. The van der Waals surface area contributed by atoms with E-state index in [1.807, 2.05) is 6.92 Å². The van der Waals surface area contributed by atoms with Crippen LogP contribution in [0.2, 0.25) is 5.02 Å². The van der Waals surface area contributed by atoms with Crippen molar-refractivity contribution in [1.29, 1.82) is 0 Å². The number of carbonyl (C=O) groups is 1. The van der Waals surface area contributed by atoms with Crippen LogP contribution in [0.25, 0.3) is 11.3 Å². The minimum Gasteiger partial charge on any atom is -0.376 e. The first-order valence-electron chi connectivity index (χ1n) is 8.34. The molecule has 3 rings (SSSR count). The monoisotopic (exact) mass is 366 g/mol. The highest BCUT2D eigenvalue weighted by atomic mass is 35.5. The number of nitrogens with zero attached hydrogens (tertiary/aromatic N) is 2. The Bertz CT molecular complexity index is 751. The summed E-state index contributed by atoms with van der Waals surface area (Å²) in [6.07, 6.45) is 1.96. The van der Waals surface area contributed by atoms with Crippen molar-refractivity contribution < 1.29 is 18.4 Å². The smallest absolute Gasteiger partial charge is 0.259 e. The first kappa shape index (κ1) is 17.9. The zero-order chi connectivity index (χ0) is 18.0. The summed E-state index contributed by atoms with van der Waals surface area (Å²) < 4.78 is 25.1. The predicted octanol–water partition coefficient (Wildman–Crippen LogP) is 4.08. The summed E-state index contributed by atoms with van der Waals surface area (Å²) in [6.45, 7) is 5.25. The summed E-state index contributed by atoms with van der Waals surface area (Å²) in [7, 11) is 0. The van der Waals surface area contributed by atoms with Crippen molar-refractivity contribution in [2.45, 2.75) is 32.8 Å². The highest BCUT2D eigenvalue weighted by Crippen LogP contribution is 2.34. The molecule has 7 heteroatoms. The highest BCUT2D eigenvalue weighted by Gasteiger charge is 2.30. The molecule has 2 heterocycles.